The number of aliphatic hydroxyl groups is 1. The van der Waals surface area contributed by atoms with E-state index in [0.717, 1.165) is 7.11 Å². The summed E-state index contributed by atoms with van der Waals surface area (Å²) in [6.07, 6.45) is 0. The van der Waals surface area contributed by atoms with Crippen LogP contribution in [0.5, 0.6) is 0 Å². The molecule has 0 aliphatic carbocycles. The molecule has 0 aliphatic rings. The van der Waals surface area contributed by atoms with Gasteiger partial charge in [-0.3, -0.25) is 10.4 Å². The van der Waals surface area contributed by atoms with Crippen LogP contribution in [0.1, 0.15) is 13.3 Å². The minimum atomic E-state index is -1.07. The van der Waals surface area contributed by atoms with Crippen molar-refractivity contribution in [3.05, 3.63) is 16.3 Å². The van der Waals surface area contributed by atoms with Crippen LogP contribution in [-0.2, 0) is 20.1 Å². The number of amides is 2. The fourth-order valence-electron chi connectivity index (χ4n) is 0.782. The second-order valence-electron chi connectivity index (χ2n) is 3.25. The number of rotatable bonds is 5. The molecule has 1 rings (SSSR count). The van der Waals surface area contributed by atoms with Gasteiger partial charge in [0.25, 0.3) is 5.97 Å². The molecule has 0 radical (unpaired) electrons. The van der Waals surface area contributed by atoms with E-state index in [0.29, 0.717) is 19.1 Å². The maximum atomic E-state index is 10.2. The van der Waals surface area contributed by atoms with Crippen LogP contribution in [0.4, 0.5) is 4.79 Å². The number of hydrazine groups is 1. The van der Waals surface area contributed by atoms with Gasteiger partial charge in [-0.25, -0.2) is 20.5 Å². The molecule has 0 atom stereocenters. The number of hydrogen-bond acceptors (Lipinski definition) is 8. The number of primary amides is 1. The van der Waals surface area contributed by atoms with Crippen molar-refractivity contribution in [1.82, 2.24) is 20.6 Å². The topological polar surface area (TPSA) is 191 Å². The summed E-state index contributed by atoms with van der Waals surface area (Å²) >= 11 is 20.3. The molecule has 1 aromatic heterocycles. The quantitative estimate of drug-likeness (QED) is 0.0630. The molecule has 0 aromatic carbocycles. The van der Waals surface area contributed by atoms with E-state index in [9.17, 15) is 9.59 Å². The number of hydrogen-bond donors (Lipinski definition) is 6. The van der Waals surface area contributed by atoms with Crippen molar-refractivity contribution in [2.75, 3.05) is 34.3 Å². The molecular weight excluding hydrogens is 1180 g/mol. The number of nitrogens with zero attached hydrogens (tertiary/aromatic N) is 1. The summed E-state index contributed by atoms with van der Waals surface area (Å²) < 4.78 is 14.4. The van der Waals surface area contributed by atoms with E-state index in [-0.39, 0.29) is 61.3 Å². The minimum Gasteiger partial charge on any atom is -0.351 e. The van der Waals surface area contributed by atoms with E-state index in [1.807, 2.05) is 0 Å². The number of aliphatic hydroxyl groups excluding tert-OH is 1. The number of ether oxygens (including phenoxy) is 3. The number of aromatic amines is 2. The first-order chi connectivity index (χ1) is 13.8. The third-order valence-electron chi connectivity index (χ3n) is 1.92. The van der Waals surface area contributed by atoms with E-state index in [2.05, 4.69) is 101 Å². The Labute approximate surface area is 274 Å². The Morgan fingerprint density at radius 2 is 1.53 bits per heavy atom. The van der Waals surface area contributed by atoms with Crippen molar-refractivity contribution in [2.45, 2.75) is 19.3 Å². The number of methoxy groups -OCH3 is 3. The van der Waals surface area contributed by atoms with Gasteiger partial charge in [-0.05, 0) is 0 Å². The Hall–Kier alpha value is 3.26. The molecule has 0 spiro atoms. The molecule has 0 aliphatic heterocycles. The van der Waals surface area contributed by atoms with Crippen molar-refractivity contribution < 1.29 is 37.4 Å². The van der Waals surface area contributed by atoms with Gasteiger partial charge in [-0.1, -0.05) is 7.43 Å². The van der Waals surface area contributed by atoms with Crippen molar-refractivity contribution in [2.24, 2.45) is 11.6 Å². The number of urea groups is 1. The van der Waals surface area contributed by atoms with Gasteiger partial charge in [0.1, 0.15) is 11.7 Å². The van der Waals surface area contributed by atoms with E-state index in [4.69, 9.17) is 42.5 Å². The van der Waals surface area contributed by atoms with Crippen LogP contribution in [0.3, 0.4) is 0 Å². The maximum Gasteiger partial charge on any atom is 0.340 e. The summed E-state index contributed by atoms with van der Waals surface area (Å²) in [4.78, 5) is 21.9. The standard InChI is InChI=1S/C5H11ClO3.C3H4ClN3O.CH5N3O.CH4O.CH4.ClH.I3.I2.HI/c1-7-5(4-6,8-2)9-3;4-1-2-5-3(8)7-6-2;2-1(5)4-3;1-2;;;1-3-2;1-2;/h4H2,1-3H3;1H2,(H2,5,6,7,8);3H2,(H3,2,4,5);2H,1H3;1H4;1H;;;1H/q;;;;;;-1;;. The Morgan fingerprint density at radius 1 is 1.22 bits per heavy atom. The molecule has 0 saturated heterocycles. The van der Waals surface area contributed by atoms with Crippen LogP contribution >= 0.6 is 134 Å². The molecule has 21 heteroatoms. The molecule has 0 fully saturated rings. The summed E-state index contributed by atoms with van der Waals surface area (Å²) in [5, 5.41) is 12.7. The van der Waals surface area contributed by atoms with Crippen LogP contribution in [0.2, 0.25) is 0 Å². The molecule has 1 aromatic rings. The molecule has 2 amide bonds. The van der Waals surface area contributed by atoms with Gasteiger partial charge in [0.2, 0.25) is 0 Å². The second kappa shape index (κ2) is 47.5. The van der Waals surface area contributed by atoms with Crippen LogP contribution in [0.15, 0.2) is 4.79 Å². The first kappa shape index (κ1) is 55.7. The second-order valence-corrected chi connectivity index (χ2v) is 20.0. The zero-order valence-electron chi connectivity index (χ0n) is 16.5. The third-order valence-corrected chi connectivity index (χ3v) is 2.50. The molecule has 8 N–H and O–H groups in total. The number of aromatic nitrogens is 3. The molecule has 12 nitrogen and oxygen atoms in total. The summed E-state index contributed by atoms with van der Waals surface area (Å²) in [6.45, 7) is 0. The molecule has 0 unspecified atom stereocenters. The van der Waals surface area contributed by atoms with E-state index < -0.39 is 12.0 Å². The first-order valence-electron chi connectivity index (χ1n) is 6.39. The third kappa shape index (κ3) is 43.3. The molecule has 0 bridgehead atoms. The SMILES string of the molecule is C.CO.COC(CCl)(OC)OC.Cl.I.II.I[I-]I.NNC(N)=O.O=c1[nH]nc(CCl)[nH]1. The van der Waals surface area contributed by atoms with Gasteiger partial charge < -0.3 is 25.1 Å². The molecular formula is C11H30Cl3I6N6O6-. The van der Waals surface area contributed by atoms with Crippen LogP contribution in [-0.4, -0.2) is 66.6 Å². The van der Waals surface area contributed by atoms with Gasteiger partial charge in [-0.2, -0.15) is 5.10 Å². The zero-order valence-corrected chi connectivity index (χ0v) is 31.9. The van der Waals surface area contributed by atoms with Crippen molar-refractivity contribution in [1.29, 1.82) is 0 Å². The normalized spacial score (nSPS) is 7.88. The number of nitrogens with two attached hydrogens (primary N) is 2. The smallest absolute Gasteiger partial charge is 0.340 e. The van der Waals surface area contributed by atoms with Gasteiger partial charge in [0, 0.05) is 65.7 Å². The minimum absolute atomic E-state index is 0. The average molecular weight is 1210 g/mol. The van der Waals surface area contributed by atoms with Crippen LogP contribution in [0, 0.1) is 0 Å². The van der Waals surface area contributed by atoms with E-state index >= 15 is 0 Å². The van der Waals surface area contributed by atoms with Gasteiger partial charge >= 0.3 is 62.2 Å². The Morgan fingerprint density at radius 3 is 1.59 bits per heavy atom. The number of H-pyrrole nitrogens is 2. The number of halogens is 9. The van der Waals surface area contributed by atoms with E-state index in [1.165, 1.54) is 21.3 Å². The fraction of sp³-hybridized carbons (Fsp3) is 0.727. The molecule has 0 saturated carbocycles. The monoisotopic (exact) mass is 1210 g/mol. The Kier molecular flexibility index (Phi) is 82.6. The number of nitrogens with one attached hydrogen (secondary N) is 3. The summed E-state index contributed by atoms with van der Waals surface area (Å²) in [7, 11) is 5.40. The van der Waals surface area contributed by atoms with Crippen LogP contribution in [0.25, 0.3) is 0 Å². The zero-order chi connectivity index (χ0) is 24.3. The predicted octanol–water partition coefficient (Wildman–Crippen LogP) is 1.01. The van der Waals surface area contributed by atoms with Crippen molar-refractivity contribution in [3.8, 4) is 0 Å². The van der Waals surface area contributed by atoms with Crippen LogP contribution < -0.4 is 35.9 Å². The molecule has 1 heterocycles. The number of carbonyl (C=O) groups excluding carboxylic acids is 1. The van der Waals surface area contributed by atoms with Gasteiger partial charge in [0.15, 0.2) is 0 Å². The van der Waals surface area contributed by atoms with Gasteiger partial charge in [-0.15, -0.1) is 59.6 Å². The number of alkyl halides is 2. The fourth-order valence-corrected chi connectivity index (χ4v) is 1.24. The molecule has 204 valence electrons. The van der Waals surface area contributed by atoms with E-state index in [1.54, 1.807) is 5.43 Å². The summed E-state index contributed by atoms with van der Waals surface area (Å²) in [5.41, 5.74) is 5.76. The van der Waals surface area contributed by atoms with Gasteiger partial charge in [0.05, 0.1) is 5.88 Å². The average Bonchev–Trinajstić information content (AvgIpc) is 3.20. The Balaban J connectivity index is -0.0000000386. The molecule has 32 heavy (non-hydrogen) atoms. The summed E-state index contributed by atoms with van der Waals surface area (Å²) in [6, 6.07) is -0.718. The summed E-state index contributed by atoms with van der Waals surface area (Å²) in [5.74, 6) is 4.23. The maximum absolute atomic E-state index is 10.2. The van der Waals surface area contributed by atoms with Crippen molar-refractivity contribution >= 4 is 140 Å². The number of carbonyl (C=O) groups is 1. The predicted molar refractivity (Wildman–Crippen MR) is 174 cm³/mol. The largest absolute Gasteiger partial charge is 0.351 e. The first-order valence-corrected chi connectivity index (χ1v) is 26.3. The van der Waals surface area contributed by atoms with Crippen molar-refractivity contribution in [3.63, 3.8) is 0 Å². The Bertz CT molecular complexity index is 476.